The summed E-state index contributed by atoms with van der Waals surface area (Å²) in [6.45, 7) is 5.14. The Morgan fingerprint density at radius 2 is 2.00 bits per heavy atom. The third-order valence-electron chi connectivity index (χ3n) is 2.83. The molecule has 90 valence electrons. The highest BCUT2D eigenvalue weighted by molar-refractivity contribution is 9.10. The highest BCUT2D eigenvalue weighted by atomic mass is 79.9. The molecule has 2 nitrogen and oxygen atoms in total. The monoisotopic (exact) mass is 288 g/mol. The first kappa shape index (κ1) is 13.3. The largest absolute Gasteiger partial charge is 0.397 e. The van der Waals surface area contributed by atoms with Crippen LogP contribution in [0.5, 0.6) is 0 Å². The molecule has 1 rings (SSSR count). The van der Waals surface area contributed by atoms with Crippen molar-refractivity contribution in [1.82, 2.24) is 0 Å². The standard InChI is InChI=1S/C12H18BrFN2/c1-3-8(4-2)7-16-12-6-10(14)9(13)5-11(12)15/h5-6,8,16H,3-4,7,15H2,1-2H3. The summed E-state index contributed by atoms with van der Waals surface area (Å²) in [6.07, 6.45) is 2.23. The topological polar surface area (TPSA) is 38.0 Å². The number of nitrogens with one attached hydrogen (secondary N) is 1. The number of rotatable bonds is 5. The lowest BCUT2D eigenvalue weighted by atomic mass is 10.0. The molecule has 0 saturated carbocycles. The van der Waals surface area contributed by atoms with Gasteiger partial charge in [0.2, 0.25) is 0 Å². The second-order valence-corrected chi connectivity index (χ2v) is 4.77. The van der Waals surface area contributed by atoms with E-state index in [1.54, 1.807) is 6.07 Å². The number of anilines is 2. The van der Waals surface area contributed by atoms with E-state index in [1.807, 2.05) is 0 Å². The fourth-order valence-electron chi connectivity index (χ4n) is 1.55. The number of hydrogen-bond donors (Lipinski definition) is 2. The van der Waals surface area contributed by atoms with Crippen molar-refractivity contribution in [2.75, 3.05) is 17.6 Å². The molecule has 1 aromatic rings. The van der Waals surface area contributed by atoms with Gasteiger partial charge < -0.3 is 11.1 Å². The molecule has 0 amide bonds. The maximum Gasteiger partial charge on any atom is 0.139 e. The van der Waals surface area contributed by atoms with Gasteiger partial charge >= 0.3 is 0 Å². The van der Waals surface area contributed by atoms with Crippen molar-refractivity contribution in [2.24, 2.45) is 5.92 Å². The van der Waals surface area contributed by atoms with Crippen molar-refractivity contribution in [2.45, 2.75) is 26.7 Å². The minimum atomic E-state index is -0.291. The molecular weight excluding hydrogens is 271 g/mol. The molecule has 0 fully saturated rings. The summed E-state index contributed by atoms with van der Waals surface area (Å²) < 4.78 is 13.7. The zero-order chi connectivity index (χ0) is 12.1. The van der Waals surface area contributed by atoms with Crippen LogP contribution in [0, 0.1) is 11.7 Å². The van der Waals surface area contributed by atoms with Gasteiger partial charge in [0, 0.05) is 12.6 Å². The molecule has 1 aromatic carbocycles. The van der Waals surface area contributed by atoms with Gasteiger partial charge in [-0.2, -0.15) is 0 Å². The Hall–Kier alpha value is -0.770. The summed E-state index contributed by atoms with van der Waals surface area (Å²) in [4.78, 5) is 0. The maximum absolute atomic E-state index is 13.3. The first-order chi connectivity index (χ1) is 7.58. The summed E-state index contributed by atoms with van der Waals surface area (Å²) in [7, 11) is 0. The average molecular weight is 289 g/mol. The zero-order valence-corrected chi connectivity index (χ0v) is 11.3. The molecule has 0 saturated heterocycles. The molecule has 0 radical (unpaired) electrons. The number of benzene rings is 1. The SMILES string of the molecule is CCC(CC)CNc1cc(F)c(Br)cc1N. The first-order valence-corrected chi connectivity index (χ1v) is 6.36. The van der Waals surface area contributed by atoms with Crippen LogP contribution >= 0.6 is 15.9 Å². The summed E-state index contributed by atoms with van der Waals surface area (Å²) in [5, 5.41) is 3.20. The number of nitrogen functional groups attached to an aromatic ring is 1. The van der Waals surface area contributed by atoms with Gasteiger partial charge in [-0.25, -0.2) is 4.39 Å². The van der Waals surface area contributed by atoms with Crippen molar-refractivity contribution in [1.29, 1.82) is 0 Å². The molecule has 0 bridgehead atoms. The lowest BCUT2D eigenvalue weighted by Gasteiger charge is -2.16. The highest BCUT2D eigenvalue weighted by Crippen LogP contribution is 2.26. The molecule has 0 atom stereocenters. The lowest BCUT2D eigenvalue weighted by Crippen LogP contribution is -2.13. The van der Waals surface area contributed by atoms with Crippen molar-refractivity contribution in [3.63, 3.8) is 0 Å². The molecule has 0 unspecified atom stereocenters. The molecule has 0 aliphatic heterocycles. The first-order valence-electron chi connectivity index (χ1n) is 5.56. The van der Waals surface area contributed by atoms with Crippen LogP contribution in [0.25, 0.3) is 0 Å². The smallest absolute Gasteiger partial charge is 0.139 e. The summed E-state index contributed by atoms with van der Waals surface area (Å²) in [6, 6.07) is 3.02. The van der Waals surface area contributed by atoms with Gasteiger partial charge in [-0.1, -0.05) is 26.7 Å². The Morgan fingerprint density at radius 3 is 2.56 bits per heavy atom. The van der Waals surface area contributed by atoms with E-state index in [9.17, 15) is 4.39 Å². The quantitative estimate of drug-likeness (QED) is 0.803. The Bertz CT molecular complexity index is 351. The van der Waals surface area contributed by atoms with E-state index in [1.165, 1.54) is 6.07 Å². The van der Waals surface area contributed by atoms with E-state index in [0.29, 0.717) is 21.8 Å². The van der Waals surface area contributed by atoms with E-state index in [-0.39, 0.29) is 5.82 Å². The van der Waals surface area contributed by atoms with Crippen LogP contribution in [-0.2, 0) is 0 Å². The van der Waals surface area contributed by atoms with Gasteiger partial charge in [0.15, 0.2) is 0 Å². The Kier molecular flexibility index (Phi) is 5.06. The molecule has 0 aliphatic rings. The molecule has 3 N–H and O–H groups in total. The minimum absolute atomic E-state index is 0.291. The van der Waals surface area contributed by atoms with Gasteiger partial charge in [-0.3, -0.25) is 0 Å². The molecule has 16 heavy (non-hydrogen) atoms. The van der Waals surface area contributed by atoms with E-state index < -0.39 is 0 Å². The predicted octanol–water partition coefficient (Wildman–Crippen LogP) is 4.02. The summed E-state index contributed by atoms with van der Waals surface area (Å²) in [5.74, 6) is 0.312. The lowest BCUT2D eigenvalue weighted by molar-refractivity contribution is 0.519. The normalized spacial score (nSPS) is 10.8. The fraction of sp³-hybridized carbons (Fsp3) is 0.500. The van der Waals surface area contributed by atoms with Gasteiger partial charge in [0.1, 0.15) is 5.82 Å². The third kappa shape index (κ3) is 3.37. The molecule has 4 heteroatoms. The molecule has 0 aromatic heterocycles. The predicted molar refractivity (Wildman–Crippen MR) is 71.1 cm³/mol. The van der Waals surface area contributed by atoms with Crippen molar-refractivity contribution < 1.29 is 4.39 Å². The van der Waals surface area contributed by atoms with E-state index >= 15 is 0 Å². The molecule has 0 aliphatic carbocycles. The third-order valence-corrected chi connectivity index (χ3v) is 3.44. The number of halogens is 2. The summed E-state index contributed by atoms with van der Waals surface area (Å²) in [5.41, 5.74) is 7.04. The van der Waals surface area contributed by atoms with Crippen molar-refractivity contribution >= 4 is 27.3 Å². The van der Waals surface area contributed by atoms with E-state index in [4.69, 9.17) is 5.73 Å². The van der Waals surface area contributed by atoms with Crippen molar-refractivity contribution in [3.8, 4) is 0 Å². The highest BCUT2D eigenvalue weighted by Gasteiger charge is 2.08. The minimum Gasteiger partial charge on any atom is -0.397 e. The molecular formula is C12H18BrFN2. The van der Waals surface area contributed by atoms with Crippen LogP contribution in [0.2, 0.25) is 0 Å². The maximum atomic E-state index is 13.3. The molecule has 0 heterocycles. The van der Waals surface area contributed by atoms with E-state index in [2.05, 4.69) is 35.1 Å². The van der Waals surface area contributed by atoms with Gasteiger partial charge in [-0.15, -0.1) is 0 Å². The van der Waals surface area contributed by atoms with Crippen LogP contribution in [-0.4, -0.2) is 6.54 Å². The second kappa shape index (κ2) is 6.09. The molecule has 0 spiro atoms. The zero-order valence-electron chi connectivity index (χ0n) is 9.69. The van der Waals surface area contributed by atoms with Gasteiger partial charge in [0.25, 0.3) is 0 Å². The number of hydrogen-bond acceptors (Lipinski definition) is 2. The van der Waals surface area contributed by atoms with Crippen LogP contribution in [0.1, 0.15) is 26.7 Å². The van der Waals surface area contributed by atoms with Crippen molar-refractivity contribution in [3.05, 3.63) is 22.4 Å². The Morgan fingerprint density at radius 1 is 1.38 bits per heavy atom. The van der Waals surface area contributed by atoms with Crippen LogP contribution in [0.4, 0.5) is 15.8 Å². The van der Waals surface area contributed by atoms with Crippen LogP contribution < -0.4 is 11.1 Å². The van der Waals surface area contributed by atoms with Crippen LogP contribution in [0.15, 0.2) is 16.6 Å². The second-order valence-electron chi connectivity index (χ2n) is 3.92. The van der Waals surface area contributed by atoms with Gasteiger partial charge in [0.05, 0.1) is 15.8 Å². The summed E-state index contributed by atoms with van der Waals surface area (Å²) >= 11 is 3.10. The fourth-order valence-corrected chi connectivity index (χ4v) is 1.91. The Labute approximate surface area is 105 Å². The van der Waals surface area contributed by atoms with Gasteiger partial charge in [-0.05, 0) is 27.9 Å². The number of nitrogens with two attached hydrogens (primary N) is 1. The van der Waals surface area contributed by atoms with Crippen LogP contribution in [0.3, 0.4) is 0 Å². The van der Waals surface area contributed by atoms with E-state index in [0.717, 1.165) is 19.4 Å². The average Bonchev–Trinajstić information content (AvgIpc) is 2.26. The Balaban J connectivity index is 2.70.